The van der Waals surface area contributed by atoms with Crippen LogP contribution in [0.2, 0.25) is 0 Å². The number of hydrogen-bond donors (Lipinski definition) is 1. The Bertz CT molecular complexity index is 363. The van der Waals surface area contributed by atoms with E-state index in [4.69, 9.17) is 5.73 Å². The van der Waals surface area contributed by atoms with Crippen LogP contribution in [0.3, 0.4) is 0 Å². The van der Waals surface area contributed by atoms with E-state index in [2.05, 4.69) is 32.9 Å². The zero-order chi connectivity index (χ0) is 11.8. The van der Waals surface area contributed by atoms with Gasteiger partial charge in [-0.25, -0.2) is 0 Å². The van der Waals surface area contributed by atoms with Crippen LogP contribution in [0, 0.1) is 20.8 Å². The van der Waals surface area contributed by atoms with Gasteiger partial charge in [0.25, 0.3) is 0 Å². The molecule has 1 heteroatoms. The van der Waals surface area contributed by atoms with Crippen molar-refractivity contribution in [2.75, 3.05) is 6.54 Å². The molecular formula is C15H23N. The Labute approximate surface area is 99.0 Å². The molecule has 0 radical (unpaired) electrons. The molecule has 1 aliphatic carbocycles. The Morgan fingerprint density at radius 2 is 1.56 bits per heavy atom. The minimum absolute atomic E-state index is 0.281. The number of nitrogens with two attached hydrogens (primary N) is 1. The van der Waals surface area contributed by atoms with E-state index < -0.39 is 0 Å². The van der Waals surface area contributed by atoms with Crippen molar-refractivity contribution >= 4 is 0 Å². The lowest BCUT2D eigenvalue weighted by Crippen LogP contribution is -2.32. The molecule has 1 aromatic carbocycles. The second kappa shape index (κ2) is 4.21. The smallest absolute Gasteiger partial charge is 0.00757 e. The Kier molecular flexibility index (Phi) is 3.07. The minimum Gasteiger partial charge on any atom is -0.330 e. The normalized spacial score (nSPS) is 19.0. The molecule has 2 rings (SSSR count). The summed E-state index contributed by atoms with van der Waals surface area (Å²) in [5.41, 5.74) is 12.0. The van der Waals surface area contributed by atoms with Crippen LogP contribution in [0.5, 0.6) is 0 Å². The molecule has 0 bridgehead atoms. The highest BCUT2D eigenvalue weighted by atomic mass is 14.6. The zero-order valence-electron chi connectivity index (χ0n) is 10.8. The molecule has 0 unspecified atom stereocenters. The molecule has 0 aromatic heterocycles. The summed E-state index contributed by atoms with van der Waals surface area (Å²) >= 11 is 0. The van der Waals surface area contributed by atoms with Gasteiger partial charge in [-0.3, -0.25) is 0 Å². The van der Waals surface area contributed by atoms with Crippen LogP contribution in [-0.2, 0) is 5.41 Å². The largest absolute Gasteiger partial charge is 0.330 e. The van der Waals surface area contributed by atoms with Gasteiger partial charge in [0.2, 0.25) is 0 Å². The van der Waals surface area contributed by atoms with Crippen molar-refractivity contribution in [1.82, 2.24) is 0 Å². The summed E-state index contributed by atoms with van der Waals surface area (Å²) in [5.74, 6) is 0. The Morgan fingerprint density at radius 1 is 1.06 bits per heavy atom. The Morgan fingerprint density at radius 3 is 2.00 bits per heavy atom. The molecule has 1 aliphatic rings. The van der Waals surface area contributed by atoms with Crippen LogP contribution in [0.15, 0.2) is 12.1 Å². The molecule has 0 aliphatic heterocycles. The predicted molar refractivity (Wildman–Crippen MR) is 69.9 cm³/mol. The average Bonchev–Trinajstić information content (AvgIpc) is 2.75. The molecule has 88 valence electrons. The van der Waals surface area contributed by atoms with Gasteiger partial charge in [0.15, 0.2) is 0 Å². The topological polar surface area (TPSA) is 26.0 Å². The van der Waals surface area contributed by atoms with Gasteiger partial charge < -0.3 is 5.73 Å². The molecule has 0 atom stereocenters. The van der Waals surface area contributed by atoms with Gasteiger partial charge in [-0.1, -0.05) is 25.0 Å². The highest BCUT2D eigenvalue weighted by Gasteiger charge is 2.34. The summed E-state index contributed by atoms with van der Waals surface area (Å²) in [6.45, 7) is 7.43. The molecule has 0 saturated heterocycles. The van der Waals surface area contributed by atoms with Crippen LogP contribution in [0.1, 0.15) is 47.9 Å². The fourth-order valence-electron chi connectivity index (χ4n) is 3.00. The van der Waals surface area contributed by atoms with E-state index in [1.54, 1.807) is 0 Å². The maximum absolute atomic E-state index is 6.04. The minimum atomic E-state index is 0.281. The van der Waals surface area contributed by atoms with Crippen molar-refractivity contribution in [1.29, 1.82) is 0 Å². The molecule has 1 aromatic rings. The molecule has 1 fully saturated rings. The van der Waals surface area contributed by atoms with Crippen LogP contribution in [0.25, 0.3) is 0 Å². The SMILES string of the molecule is Cc1cc(C2(CN)CCCC2)cc(C)c1C. The summed E-state index contributed by atoms with van der Waals surface area (Å²) in [6.07, 6.45) is 5.21. The summed E-state index contributed by atoms with van der Waals surface area (Å²) in [7, 11) is 0. The van der Waals surface area contributed by atoms with Gasteiger partial charge in [0.1, 0.15) is 0 Å². The third-order valence-electron chi connectivity index (χ3n) is 4.49. The van der Waals surface area contributed by atoms with E-state index in [1.807, 2.05) is 0 Å². The van der Waals surface area contributed by atoms with Gasteiger partial charge in [0, 0.05) is 12.0 Å². The van der Waals surface area contributed by atoms with Crippen molar-refractivity contribution < 1.29 is 0 Å². The lowest BCUT2D eigenvalue weighted by Gasteiger charge is -2.29. The van der Waals surface area contributed by atoms with Crippen molar-refractivity contribution in [3.63, 3.8) is 0 Å². The standard InChI is InChI=1S/C15H23N/c1-11-8-14(9-12(2)13(11)3)15(10-16)6-4-5-7-15/h8-9H,4-7,10,16H2,1-3H3. The van der Waals surface area contributed by atoms with Crippen LogP contribution < -0.4 is 5.73 Å². The van der Waals surface area contributed by atoms with Gasteiger partial charge in [-0.15, -0.1) is 0 Å². The first-order valence-corrected chi connectivity index (χ1v) is 6.37. The van der Waals surface area contributed by atoms with Crippen LogP contribution in [0.4, 0.5) is 0 Å². The van der Waals surface area contributed by atoms with E-state index in [0.29, 0.717) is 0 Å². The second-order valence-corrected chi connectivity index (χ2v) is 5.43. The third-order valence-corrected chi connectivity index (χ3v) is 4.49. The first-order chi connectivity index (χ1) is 7.59. The second-order valence-electron chi connectivity index (χ2n) is 5.43. The number of aryl methyl sites for hydroxylation is 2. The Hall–Kier alpha value is -0.820. The van der Waals surface area contributed by atoms with Crippen molar-refractivity contribution in [3.05, 3.63) is 34.4 Å². The van der Waals surface area contributed by atoms with Crippen molar-refractivity contribution in [2.24, 2.45) is 5.73 Å². The van der Waals surface area contributed by atoms with E-state index in [1.165, 1.54) is 47.9 Å². The van der Waals surface area contributed by atoms with Crippen molar-refractivity contribution in [3.8, 4) is 0 Å². The quantitative estimate of drug-likeness (QED) is 0.807. The molecule has 1 saturated carbocycles. The fraction of sp³-hybridized carbons (Fsp3) is 0.600. The first-order valence-electron chi connectivity index (χ1n) is 6.37. The number of hydrogen-bond acceptors (Lipinski definition) is 1. The monoisotopic (exact) mass is 217 g/mol. The van der Waals surface area contributed by atoms with Crippen molar-refractivity contribution in [2.45, 2.75) is 51.9 Å². The van der Waals surface area contributed by atoms with Crippen LogP contribution >= 0.6 is 0 Å². The third kappa shape index (κ3) is 1.78. The van der Waals surface area contributed by atoms with Gasteiger partial charge >= 0.3 is 0 Å². The van der Waals surface area contributed by atoms with Crippen LogP contribution in [-0.4, -0.2) is 6.54 Å². The summed E-state index contributed by atoms with van der Waals surface area (Å²) in [6, 6.07) is 4.72. The summed E-state index contributed by atoms with van der Waals surface area (Å²) in [4.78, 5) is 0. The van der Waals surface area contributed by atoms with E-state index in [0.717, 1.165) is 6.54 Å². The van der Waals surface area contributed by atoms with Gasteiger partial charge in [0.05, 0.1) is 0 Å². The first kappa shape index (κ1) is 11.7. The highest BCUT2D eigenvalue weighted by molar-refractivity contribution is 5.41. The van der Waals surface area contributed by atoms with E-state index in [-0.39, 0.29) is 5.41 Å². The highest BCUT2D eigenvalue weighted by Crippen LogP contribution is 2.41. The lowest BCUT2D eigenvalue weighted by molar-refractivity contribution is 0.452. The maximum atomic E-state index is 6.04. The molecule has 0 spiro atoms. The fourth-order valence-corrected chi connectivity index (χ4v) is 3.00. The average molecular weight is 217 g/mol. The molecule has 1 nitrogen and oxygen atoms in total. The van der Waals surface area contributed by atoms with Gasteiger partial charge in [-0.2, -0.15) is 0 Å². The van der Waals surface area contributed by atoms with E-state index >= 15 is 0 Å². The predicted octanol–water partition coefficient (Wildman–Crippen LogP) is 3.38. The molecular weight excluding hydrogens is 194 g/mol. The van der Waals surface area contributed by atoms with E-state index in [9.17, 15) is 0 Å². The Balaban J connectivity index is 2.47. The lowest BCUT2D eigenvalue weighted by atomic mass is 9.77. The molecule has 2 N–H and O–H groups in total. The molecule has 0 amide bonds. The van der Waals surface area contributed by atoms with Gasteiger partial charge in [-0.05, 0) is 55.9 Å². The summed E-state index contributed by atoms with van der Waals surface area (Å²) in [5, 5.41) is 0. The number of rotatable bonds is 2. The number of benzene rings is 1. The molecule has 0 heterocycles. The maximum Gasteiger partial charge on any atom is 0.00757 e. The summed E-state index contributed by atoms with van der Waals surface area (Å²) < 4.78 is 0. The zero-order valence-corrected chi connectivity index (χ0v) is 10.8. The molecule has 16 heavy (non-hydrogen) atoms.